The lowest BCUT2D eigenvalue weighted by Crippen LogP contribution is -2.52. The maximum Gasteiger partial charge on any atom is 0.264 e. The van der Waals surface area contributed by atoms with Crippen LogP contribution in [0.1, 0.15) is 32.8 Å². The number of nitrogens with zero attached hydrogens (tertiary/aromatic N) is 2. The first-order valence-electron chi connectivity index (χ1n) is 12.6. The quantitative estimate of drug-likeness (QED) is 0.334. The van der Waals surface area contributed by atoms with E-state index < -0.39 is 28.5 Å². The van der Waals surface area contributed by atoms with Gasteiger partial charge in [-0.15, -0.1) is 0 Å². The molecule has 3 aromatic rings. The first kappa shape index (κ1) is 30.0. The van der Waals surface area contributed by atoms with Gasteiger partial charge in [-0.25, -0.2) is 8.42 Å². The van der Waals surface area contributed by atoms with Gasteiger partial charge in [-0.2, -0.15) is 0 Å². The number of hydrogen-bond donors (Lipinski definition) is 1. The van der Waals surface area contributed by atoms with E-state index in [0.29, 0.717) is 10.8 Å². The Morgan fingerprint density at radius 2 is 1.56 bits per heavy atom. The monoisotopic (exact) mass is 571 g/mol. The SMILES string of the molecule is CC[C@@H](C)NC(=O)[C@H](C)N(Cc1ccccc1)C(=O)CN(c1ccc(Cl)cc1)S(=O)(=O)c1ccc(OC)cc1. The van der Waals surface area contributed by atoms with E-state index in [-0.39, 0.29) is 29.1 Å². The molecular weight excluding hydrogens is 538 g/mol. The number of anilines is 1. The molecule has 3 aromatic carbocycles. The van der Waals surface area contributed by atoms with Gasteiger partial charge in [0.05, 0.1) is 17.7 Å². The second-order valence-corrected chi connectivity index (χ2v) is 11.5. The molecule has 0 aliphatic rings. The lowest BCUT2D eigenvalue weighted by molar-refractivity contribution is -0.139. The normalized spacial score (nSPS) is 12.7. The Morgan fingerprint density at radius 3 is 2.13 bits per heavy atom. The van der Waals surface area contributed by atoms with E-state index in [1.165, 1.54) is 48.4 Å². The summed E-state index contributed by atoms with van der Waals surface area (Å²) in [6.45, 7) is 5.09. The number of carbonyl (C=O) groups is 2. The third-order valence-corrected chi connectivity index (χ3v) is 8.45. The van der Waals surface area contributed by atoms with Crippen molar-refractivity contribution >= 4 is 39.1 Å². The molecule has 0 saturated heterocycles. The molecule has 8 nitrogen and oxygen atoms in total. The van der Waals surface area contributed by atoms with E-state index in [0.717, 1.165) is 16.3 Å². The molecule has 0 spiro atoms. The molecule has 0 bridgehead atoms. The number of carbonyl (C=O) groups excluding carboxylic acids is 2. The van der Waals surface area contributed by atoms with Crippen LogP contribution in [-0.4, -0.2) is 50.9 Å². The molecule has 10 heteroatoms. The van der Waals surface area contributed by atoms with Crippen LogP contribution in [0.3, 0.4) is 0 Å². The zero-order valence-corrected chi connectivity index (χ0v) is 24.1. The smallest absolute Gasteiger partial charge is 0.264 e. The van der Waals surface area contributed by atoms with Crippen LogP contribution in [0.25, 0.3) is 0 Å². The predicted molar refractivity (Wildman–Crippen MR) is 153 cm³/mol. The third-order valence-electron chi connectivity index (χ3n) is 6.40. The van der Waals surface area contributed by atoms with E-state index in [1.54, 1.807) is 19.1 Å². The van der Waals surface area contributed by atoms with E-state index in [1.807, 2.05) is 44.2 Å². The van der Waals surface area contributed by atoms with Crippen molar-refractivity contribution in [3.63, 3.8) is 0 Å². The molecule has 1 N–H and O–H groups in total. The van der Waals surface area contributed by atoms with Gasteiger partial charge >= 0.3 is 0 Å². The fourth-order valence-corrected chi connectivity index (χ4v) is 5.38. The van der Waals surface area contributed by atoms with Gasteiger partial charge in [0.15, 0.2) is 0 Å². The number of halogens is 1. The molecule has 208 valence electrons. The topological polar surface area (TPSA) is 96.0 Å². The van der Waals surface area contributed by atoms with Crippen molar-refractivity contribution in [3.05, 3.63) is 89.4 Å². The summed E-state index contributed by atoms with van der Waals surface area (Å²) in [5.41, 5.74) is 1.07. The average Bonchev–Trinajstić information content (AvgIpc) is 2.95. The minimum absolute atomic E-state index is 0.0109. The molecule has 2 atom stereocenters. The van der Waals surface area contributed by atoms with Gasteiger partial charge in [0.1, 0.15) is 18.3 Å². The van der Waals surface area contributed by atoms with Gasteiger partial charge < -0.3 is 15.0 Å². The summed E-state index contributed by atoms with van der Waals surface area (Å²) in [6.07, 6.45) is 0.732. The van der Waals surface area contributed by atoms with Crippen LogP contribution in [0.4, 0.5) is 5.69 Å². The maximum absolute atomic E-state index is 13.9. The largest absolute Gasteiger partial charge is 0.497 e. The number of benzene rings is 3. The van der Waals surface area contributed by atoms with Crippen molar-refractivity contribution in [2.45, 2.75) is 50.7 Å². The Labute approximate surface area is 235 Å². The highest BCUT2D eigenvalue weighted by atomic mass is 35.5. The summed E-state index contributed by atoms with van der Waals surface area (Å²) < 4.78 is 33.8. The molecule has 0 fully saturated rings. The van der Waals surface area contributed by atoms with E-state index >= 15 is 0 Å². The minimum atomic E-state index is -4.18. The van der Waals surface area contributed by atoms with Crippen LogP contribution >= 0.6 is 11.6 Å². The molecule has 0 radical (unpaired) electrons. The lowest BCUT2D eigenvalue weighted by Gasteiger charge is -2.32. The predicted octanol–water partition coefficient (Wildman–Crippen LogP) is 4.88. The molecule has 0 unspecified atom stereocenters. The highest BCUT2D eigenvalue weighted by Crippen LogP contribution is 2.27. The zero-order chi connectivity index (χ0) is 28.6. The number of rotatable bonds is 12. The van der Waals surface area contributed by atoms with Gasteiger partial charge in [0, 0.05) is 17.6 Å². The van der Waals surface area contributed by atoms with Gasteiger partial charge in [-0.1, -0.05) is 48.9 Å². The van der Waals surface area contributed by atoms with Crippen molar-refractivity contribution in [1.29, 1.82) is 0 Å². The average molecular weight is 572 g/mol. The first-order valence-corrected chi connectivity index (χ1v) is 14.4. The van der Waals surface area contributed by atoms with E-state index in [4.69, 9.17) is 16.3 Å². The summed E-state index contributed by atoms with van der Waals surface area (Å²) in [6, 6.07) is 20.4. The molecule has 0 heterocycles. The first-order chi connectivity index (χ1) is 18.6. The van der Waals surface area contributed by atoms with Crippen LogP contribution < -0.4 is 14.4 Å². The number of methoxy groups -OCH3 is 1. The standard InChI is InChI=1S/C29H34ClN3O5S/c1-5-21(2)31-29(35)22(3)32(19-23-9-7-6-8-10-23)28(34)20-33(25-13-11-24(30)12-14-25)39(36,37)27-17-15-26(38-4)16-18-27/h6-18,21-22H,5,19-20H2,1-4H3,(H,31,35)/t21-,22+/m1/s1. The molecular formula is C29H34ClN3O5S. The molecule has 0 aliphatic heterocycles. The summed E-state index contributed by atoms with van der Waals surface area (Å²) in [4.78, 5) is 28.3. The van der Waals surface area contributed by atoms with Crippen LogP contribution in [0.15, 0.2) is 83.8 Å². The third kappa shape index (κ3) is 7.74. The lowest BCUT2D eigenvalue weighted by atomic mass is 10.1. The van der Waals surface area contributed by atoms with Crippen molar-refractivity contribution in [3.8, 4) is 5.75 Å². The highest BCUT2D eigenvalue weighted by Gasteiger charge is 2.32. The van der Waals surface area contributed by atoms with Crippen molar-refractivity contribution in [2.75, 3.05) is 18.0 Å². The fraction of sp³-hybridized carbons (Fsp3) is 0.310. The van der Waals surface area contributed by atoms with Gasteiger partial charge in [-0.05, 0) is 74.4 Å². The maximum atomic E-state index is 13.9. The second-order valence-electron chi connectivity index (χ2n) is 9.16. The van der Waals surface area contributed by atoms with Crippen molar-refractivity contribution < 1.29 is 22.7 Å². The second kappa shape index (κ2) is 13.5. The molecule has 0 aromatic heterocycles. The van der Waals surface area contributed by atoms with Crippen LogP contribution in [0.5, 0.6) is 5.75 Å². The molecule has 0 aliphatic carbocycles. The van der Waals surface area contributed by atoms with E-state index in [9.17, 15) is 18.0 Å². The Morgan fingerprint density at radius 1 is 0.949 bits per heavy atom. The highest BCUT2D eigenvalue weighted by molar-refractivity contribution is 7.92. The molecule has 2 amide bonds. The van der Waals surface area contributed by atoms with Crippen molar-refractivity contribution in [2.24, 2.45) is 0 Å². The Kier molecular flexibility index (Phi) is 10.4. The van der Waals surface area contributed by atoms with Crippen LogP contribution in [-0.2, 0) is 26.2 Å². The molecule has 0 saturated carbocycles. The Bertz CT molecular complexity index is 1350. The Hall–Kier alpha value is -3.56. The number of ether oxygens (including phenoxy) is 1. The fourth-order valence-electron chi connectivity index (χ4n) is 3.84. The van der Waals surface area contributed by atoms with Gasteiger partial charge in [0.25, 0.3) is 10.0 Å². The van der Waals surface area contributed by atoms with E-state index in [2.05, 4.69) is 5.32 Å². The molecule has 39 heavy (non-hydrogen) atoms. The summed E-state index contributed by atoms with van der Waals surface area (Å²) in [7, 11) is -2.69. The minimum Gasteiger partial charge on any atom is -0.497 e. The summed E-state index contributed by atoms with van der Waals surface area (Å²) >= 11 is 6.06. The van der Waals surface area contributed by atoms with Crippen LogP contribution in [0, 0.1) is 0 Å². The van der Waals surface area contributed by atoms with Crippen LogP contribution in [0.2, 0.25) is 5.02 Å². The van der Waals surface area contributed by atoms with Gasteiger partial charge in [-0.3, -0.25) is 13.9 Å². The number of sulfonamides is 1. The van der Waals surface area contributed by atoms with Crippen molar-refractivity contribution in [1.82, 2.24) is 10.2 Å². The Balaban J connectivity index is 2.00. The van der Waals surface area contributed by atoms with Gasteiger partial charge in [0.2, 0.25) is 11.8 Å². The number of nitrogens with one attached hydrogen (secondary N) is 1. The number of hydrogen-bond acceptors (Lipinski definition) is 5. The molecule has 3 rings (SSSR count). The summed E-state index contributed by atoms with van der Waals surface area (Å²) in [5, 5.41) is 3.34. The number of amides is 2. The summed E-state index contributed by atoms with van der Waals surface area (Å²) in [5.74, 6) is -0.347. The zero-order valence-electron chi connectivity index (χ0n) is 22.5.